The van der Waals surface area contributed by atoms with Crippen LogP contribution in [0.1, 0.15) is 26.4 Å². The van der Waals surface area contributed by atoms with E-state index in [1.165, 1.54) is 24.4 Å². The SMILES string of the molecule is NC(=O)c1c(F)cccc1NCc1ccc(C(=O)O)nc1. The molecule has 0 radical (unpaired) electrons. The Hall–Kier alpha value is -2.96. The van der Waals surface area contributed by atoms with E-state index in [0.29, 0.717) is 5.56 Å². The van der Waals surface area contributed by atoms with Crippen LogP contribution in [-0.4, -0.2) is 22.0 Å². The number of rotatable bonds is 5. The van der Waals surface area contributed by atoms with Crippen molar-refractivity contribution in [2.24, 2.45) is 5.73 Å². The third kappa shape index (κ3) is 3.33. The maximum absolute atomic E-state index is 13.5. The van der Waals surface area contributed by atoms with Crippen molar-refractivity contribution in [1.29, 1.82) is 0 Å². The van der Waals surface area contributed by atoms with Crippen molar-refractivity contribution < 1.29 is 19.1 Å². The second kappa shape index (κ2) is 6.00. The molecule has 0 aliphatic carbocycles. The highest BCUT2D eigenvalue weighted by Crippen LogP contribution is 2.19. The second-order valence-electron chi connectivity index (χ2n) is 4.24. The number of primary amides is 1. The van der Waals surface area contributed by atoms with E-state index in [2.05, 4.69) is 10.3 Å². The maximum atomic E-state index is 13.5. The Morgan fingerprint density at radius 2 is 2.05 bits per heavy atom. The van der Waals surface area contributed by atoms with Gasteiger partial charge in [-0.2, -0.15) is 0 Å². The molecule has 1 amide bonds. The van der Waals surface area contributed by atoms with E-state index in [4.69, 9.17) is 10.8 Å². The quantitative estimate of drug-likeness (QED) is 0.775. The lowest BCUT2D eigenvalue weighted by Gasteiger charge is -2.10. The van der Waals surface area contributed by atoms with Gasteiger partial charge in [0.2, 0.25) is 0 Å². The summed E-state index contributed by atoms with van der Waals surface area (Å²) in [6, 6.07) is 7.07. The molecular weight excluding hydrogens is 277 g/mol. The van der Waals surface area contributed by atoms with Gasteiger partial charge in [0.05, 0.1) is 11.3 Å². The molecule has 4 N–H and O–H groups in total. The first-order chi connectivity index (χ1) is 9.99. The van der Waals surface area contributed by atoms with Gasteiger partial charge in [-0.15, -0.1) is 0 Å². The zero-order valence-electron chi connectivity index (χ0n) is 10.8. The first-order valence-electron chi connectivity index (χ1n) is 5.99. The summed E-state index contributed by atoms with van der Waals surface area (Å²) >= 11 is 0. The zero-order valence-corrected chi connectivity index (χ0v) is 10.8. The van der Waals surface area contributed by atoms with Crippen LogP contribution in [0.4, 0.5) is 10.1 Å². The van der Waals surface area contributed by atoms with Gasteiger partial charge in [0, 0.05) is 12.7 Å². The number of hydrogen-bond acceptors (Lipinski definition) is 4. The number of aromatic nitrogens is 1. The molecule has 0 aliphatic rings. The molecule has 2 aromatic rings. The van der Waals surface area contributed by atoms with Gasteiger partial charge in [0.1, 0.15) is 11.5 Å². The van der Waals surface area contributed by atoms with E-state index in [-0.39, 0.29) is 23.5 Å². The Morgan fingerprint density at radius 1 is 1.29 bits per heavy atom. The van der Waals surface area contributed by atoms with Crippen LogP contribution < -0.4 is 11.1 Å². The maximum Gasteiger partial charge on any atom is 0.354 e. The van der Waals surface area contributed by atoms with Crippen molar-refractivity contribution in [3.05, 3.63) is 59.2 Å². The number of carboxylic acids is 1. The molecule has 1 aromatic carbocycles. The van der Waals surface area contributed by atoms with Crippen LogP contribution in [0.25, 0.3) is 0 Å². The van der Waals surface area contributed by atoms with E-state index in [0.717, 1.165) is 6.07 Å². The second-order valence-corrected chi connectivity index (χ2v) is 4.24. The molecule has 21 heavy (non-hydrogen) atoms. The summed E-state index contributed by atoms with van der Waals surface area (Å²) in [7, 11) is 0. The van der Waals surface area contributed by atoms with Gasteiger partial charge >= 0.3 is 5.97 Å². The van der Waals surface area contributed by atoms with Crippen LogP contribution in [0, 0.1) is 5.82 Å². The Balaban J connectivity index is 2.15. The summed E-state index contributed by atoms with van der Waals surface area (Å²) in [5.41, 5.74) is 5.81. The molecule has 1 aromatic heterocycles. The number of anilines is 1. The van der Waals surface area contributed by atoms with Crippen molar-refractivity contribution >= 4 is 17.6 Å². The molecule has 0 atom stereocenters. The summed E-state index contributed by atoms with van der Waals surface area (Å²) in [5.74, 6) is -2.68. The van der Waals surface area contributed by atoms with Gasteiger partial charge in [-0.25, -0.2) is 14.2 Å². The number of halogens is 1. The summed E-state index contributed by atoms with van der Waals surface area (Å²) < 4.78 is 13.5. The molecule has 2 rings (SSSR count). The van der Waals surface area contributed by atoms with Crippen molar-refractivity contribution in [3.63, 3.8) is 0 Å². The molecule has 6 nitrogen and oxygen atoms in total. The minimum Gasteiger partial charge on any atom is -0.477 e. The summed E-state index contributed by atoms with van der Waals surface area (Å²) in [4.78, 5) is 25.7. The van der Waals surface area contributed by atoms with E-state index in [9.17, 15) is 14.0 Å². The molecule has 1 heterocycles. The van der Waals surface area contributed by atoms with Gasteiger partial charge in [-0.1, -0.05) is 12.1 Å². The number of amides is 1. The predicted octanol–water partition coefficient (Wildman–Crippen LogP) is 1.63. The number of hydrogen-bond donors (Lipinski definition) is 3. The smallest absolute Gasteiger partial charge is 0.354 e. The Kier molecular flexibility index (Phi) is 4.13. The van der Waals surface area contributed by atoms with E-state index in [1.54, 1.807) is 6.07 Å². The molecule has 108 valence electrons. The number of nitrogens with two attached hydrogens (primary N) is 1. The van der Waals surface area contributed by atoms with Crippen LogP contribution in [0.5, 0.6) is 0 Å². The molecule has 0 saturated carbocycles. The van der Waals surface area contributed by atoms with Crippen molar-refractivity contribution in [1.82, 2.24) is 4.98 Å². The van der Waals surface area contributed by atoms with Gasteiger partial charge < -0.3 is 16.2 Å². The number of nitrogens with zero attached hydrogens (tertiary/aromatic N) is 1. The Morgan fingerprint density at radius 3 is 2.62 bits per heavy atom. The average molecular weight is 289 g/mol. The number of benzene rings is 1. The van der Waals surface area contributed by atoms with Gasteiger partial charge in [-0.3, -0.25) is 4.79 Å². The van der Waals surface area contributed by atoms with E-state index < -0.39 is 17.7 Å². The van der Waals surface area contributed by atoms with Gasteiger partial charge in [0.15, 0.2) is 0 Å². The van der Waals surface area contributed by atoms with Crippen molar-refractivity contribution in [2.45, 2.75) is 6.54 Å². The Bertz CT molecular complexity index is 686. The number of carbonyl (C=O) groups is 2. The van der Waals surface area contributed by atoms with Crippen LogP contribution in [0.3, 0.4) is 0 Å². The zero-order chi connectivity index (χ0) is 15.4. The highest BCUT2D eigenvalue weighted by Gasteiger charge is 2.13. The molecule has 0 bridgehead atoms. The first kappa shape index (κ1) is 14.4. The monoisotopic (exact) mass is 289 g/mol. The molecule has 7 heteroatoms. The van der Waals surface area contributed by atoms with Crippen molar-refractivity contribution in [2.75, 3.05) is 5.32 Å². The van der Waals surface area contributed by atoms with E-state index >= 15 is 0 Å². The van der Waals surface area contributed by atoms with Crippen LogP contribution in [0.15, 0.2) is 36.5 Å². The third-order valence-corrected chi connectivity index (χ3v) is 2.79. The number of nitrogens with one attached hydrogen (secondary N) is 1. The fraction of sp³-hybridized carbons (Fsp3) is 0.0714. The van der Waals surface area contributed by atoms with Gasteiger partial charge in [0.25, 0.3) is 5.91 Å². The lowest BCUT2D eigenvalue weighted by molar-refractivity contribution is 0.0690. The number of carbonyl (C=O) groups excluding carboxylic acids is 1. The Labute approximate surface area is 119 Å². The molecule has 0 fully saturated rings. The normalized spacial score (nSPS) is 10.1. The van der Waals surface area contributed by atoms with Crippen molar-refractivity contribution in [3.8, 4) is 0 Å². The summed E-state index contributed by atoms with van der Waals surface area (Å²) in [6.45, 7) is 0.247. The first-order valence-corrected chi connectivity index (χ1v) is 5.99. The molecule has 0 unspecified atom stereocenters. The highest BCUT2D eigenvalue weighted by atomic mass is 19.1. The fourth-order valence-corrected chi connectivity index (χ4v) is 1.77. The highest BCUT2D eigenvalue weighted by molar-refractivity contribution is 5.98. The van der Waals surface area contributed by atoms with E-state index in [1.807, 2.05) is 0 Å². The molecule has 0 aliphatic heterocycles. The standard InChI is InChI=1S/C14H12FN3O3/c15-9-2-1-3-10(12(9)13(16)19)17-6-8-4-5-11(14(20)21)18-7-8/h1-5,7,17H,6H2,(H2,16,19)(H,20,21). The summed E-state index contributed by atoms with van der Waals surface area (Å²) in [5, 5.41) is 11.6. The summed E-state index contributed by atoms with van der Waals surface area (Å²) in [6.07, 6.45) is 1.39. The van der Waals surface area contributed by atoms with Crippen LogP contribution >= 0.6 is 0 Å². The minimum absolute atomic E-state index is 0.0673. The molecule has 0 saturated heterocycles. The number of carboxylic acid groups (broad SMARTS) is 1. The lowest BCUT2D eigenvalue weighted by Crippen LogP contribution is -2.16. The minimum atomic E-state index is -1.12. The largest absolute Gasteiger partial charge is 0.477 e. The van der Waals surface area contributed by atoms with Crippen LogP contribution in [-0.2, 0) is 6.54 Å². The fourth-order valence-electron chi connectivity index (χ4n) is 1.77. The number of pyridine rings is 1. The molecule has 0 spiro atoms. The van der Waals surface area contributed by atoms with Gasteiger partial charge in [-0.05, 0) is 23.8 Å². The third-order valence-electron chi connectivity index (χ3n) is 2.79. The predicted molar refractivity (Wildman–Crippen MR) is 73.4 cm³/mol. The number of aromatic carboxylic acids is 1. The molecular formula is C14H12FN3O3. The average Bonchev–Trinajstić information content (AvgIpc) is 2.45. The van der Waals surface area contributed by atoms with Crippen LogP contribution in [0.2, 0.25) is 0 Å². The lowest BCUT2D eigenvalue weighted by atomic mass is 10.1. The topological polar surface area (TPSA) is 105 Å².